The molecule has 0 saturated carbocycles. The van der Waals surface area contributed by atoms with Crippen LogP contribution in [0.15, 0.2) is 0 Å². The minimum atomic E-state index is -0.636. The zero-order valence-electron chi connectivity index (χ0n) is 8.67. The van der Waals surface area contributed by atoms with Crippen molar-refractivity contribution in [1.82, 2.24) is 0 Å². The quantitative estimate of drug-likeness (QED) is 0.659. The molecule has 13 heavy (non-hydrogen) atoms. The number of hydrogen-bond acceptors (Lipinski definition) is 2. The van der Waals surface area contributed by atoms with E-state index in [2.05, 4.69) is 6.26 Å². The molecule has 1 fully saturated rings. The second-order valence-electron chi connectivity index (χ2n) is 3.90. The molecule has 1 aliphatic rings. The van der Waals surface area contributed by atoms with Crippen LogP contribution in [0.1, 0.15) is 26.2 Å². The third-order valence-electron chi connectivity index (χ3n) is 2.55. The highest BCUT2D eigenvalue weighted by atomic mass is 32.3. The van der Waals surface area contributed by atoms with Crippen LogP contribution in [0.4, 0.5) is 0 Å². The van der Waals surface area contributed by atoms with Crippen molar-refractivity contribution >= 4 is 16.0 Å². The minimum Gasteiger partial charge on any atom is -0.465 e. The molecule has 1 saturated heterocycles. The Morgan fingerprint density at radius 1 is 1.31 bits per heavy atom. The number of ether oxygens (including phenoxy) is 1. The summed E-state index contributed by atoms with van der Waals surface area (Å²) >= 11 is 0. The normalized spacial score (nSPS) is 23.5. The van der Waals surface area contributed by atoms with Gasteiger partial charge in [-0.15, -0.1) is 0 Å². The van der Waals surface area contributed by atoms with Gasteiger partial charge in [0.1, 0.15) is 0 Å². The van der Waals surface area contributed by atoms with Crippen molar-refractivity contribution in [3.63, 3.8) is 0 Å². The molecule has 3 heteroatoms. The lowest BCUT2D eigenvalue weighted by Gasteiger charge is -2.38. The van der Waals surface area contributed by atoms with Crippen molar-refractivity contribution in [2.45, 2.75) is 26.2 Å². The number of esters is 1. The van der Waals surface area contributed by atoms with Crippen LogP contribution < -0.4 is 0 Å². The summed E-state index contributed by atoms with van der Waals surface area (Å²) in [6, 6.07) is 0. The van der Waals surface area contributed by atoms with Gasteiger partial charge in [-0.3, -0.25) is 4.79 Å². The maximum Gasteiger partial charge on any atom is 0.314 e. The fourth-order valence-corrected chi connectivity index (χ4v) is 4.76. The summed E-state index contributed by atoms with van der Waals surface area (Å²) in [6.45, 7) is 2.39. The monoisotopic (exact) mass is 204 g/mol. The van der Waals surface area contributed by atoms with E-state index in [1.807, 2.05) is 6.92 Å². The molecule has 0 unspecified atom stereocenters. The highest BCUT2D eigenvalue weighted by Crippen LogP contribution is 2.48. The lowest BCUT2D eigenvalue weighted by atomic mass is 10.3. The summed E-state index contributed by atoms with van der Waals surface area (Å²) < 4.78 is 4.99. The van der Waals surface area contributed by atoms with Gasteiger partial charge < -0.3 is 4.74 Å². The van der Waals surface area contributed by atoms with E-state index in [0.29, 0.717) is 12.4 Å². The van der Waals surface area contributed by atoms with E-state index in [1.54, 1.807) is 0 Å². The molecule has 1 heterocycles. The van der Waals surface area contributed by atoms with Gasteiger partial charge in [-0.25, -0.2) is 10.0 Å². The first kappa shape index (κ1) is 10.9. The maximum atomic E-state index is 11.3. The number of carbonyl (C=O) groups excluding carboxylic acids is 1. The Morgan fingerprint density at radius 2 is 1.92 bits per heavy atom. The molecule has 78 valence electrons. The number of carbonyl (C=O) groups is 1. The second-order valence-corrected chi connectivity index (χ2v) is 7.96. The molecule has 0 N–H and O–H groups in total. The molecule has 0 aromatic carbocycles. The van der Waals surface area contributed by atoms with Gasteiger partial charge in [0.15, 0.2) is 0 Å². The molecule has 2 nitrogen and oxygen atoms in total. The summed E-state index contributed by atoms with van der Waals surface area (Å²) in [4.78, 5) is 11.3. The average Bonchev–Trinajstić information content (AvgIpc) is 2.04. The standard InChI is InChI=1S/C10H20O2S/c1-3-12-10(11)9-13(2)7-5-4-6-8-13/h3-9H2,1-2H3. The highest BCUT2D eigenvalue weighted by Gasteiger charge is 2.24. The largest absolute Gasteiger partial charge is 0.465 e. The van der Waals surface area contributed by atoms with E-state index >= 15 is 0 Å². The van der Waals surface area contributed by atoms with Gasteiger partial charge >= 0.3 is 5.97 Å². The van der Waals surface area contributed by atoms with Gasteiger partial charge in [0, 0.05) is 0 Å². The minimum absolute atomic E-state index is 0.0156. The number of hydrogen-bond donors (Lipinski definition) is 0. The molecule has 0 radical (unpaired) electrons. The van der Waals surface area contributed by atoms with Crippen LogP contribution in [0.2, 0.25) is 0 Å². The van der Waals surface area contributed by atoms with Crippen LogP contribution in [-0.4, -0.2) is 36.1 Å². The van der Waals surface area contributed by atoms with Gasteiger partial charge in [-0.05, 0) is 37.5 Å². The van der Waals surface area contributed by atoms with E-state index in [1.165, 1.54) is 30.8 Å². The molecular weight excluding hydrogens is 184 g/mol. The fourth-order valence-electron chi connectivity index (χ4n) is 1.81. The van der Waals surface area contributed by atoms with Crippen LogP contribution in [0.25, 0.3) is 0 Å². The second kappa shape index (κ2) is 4.89. The molecule has 0 aromatic rings. The molecule has 0 aliphatic carbocycles. The predicted molar refractivity (Wildman–Crippen MR) is 58.6 cm³/mol. The van der Waals surface area contributed by atoms with Crippen molar-refractivity contribution in [2.75, 3.05) is 30.1 Å². The molecule has 1 rings (SSSR count). The first-order valence-corrected chi connectivity index (χ1v) is 7.58. The molecule has 0 spiro atoms. The van der Waals surface area contributed by atoms with Crippen LogP contribution in [0.5, 0.6) is 0 Å². The Bertz CT molecular complexity index is 174. The van der Waals surface area contributed by atoms with Gasteiger partial charge in [0.05, 0.1) is 12.4 Å². The summed E-state index contributed by atoms with van der Waals surface area (Å²) in [5.41, 5.74) is 0. The third-order valence-corrected chi connectivity index (χ3v) is 6.03. The zero-order valence-corrected chi connectivity index (χ0v) is 9.49. The molecular formula is C10H20O2S. The summed E-state index contributed by atoms with van der Waals surface area (Å²) in [6.07, 6.45) is 6.27. The Hall–Kier alpha value is -0.180. The highest BCUT2D eigenvalue weighted by molar-refractivity contribution is 8.33. The molecule has 0 aromatic heterocycles. The lowest BCUT2D eigenvalue weighted by molar-refractivity contribution is -0.139. The topological polar surface area (TPSA) is 26.3 Å². The van der Waals surface area contributed by atoms with E-state index in [0.717, 1.165) is 0 Å². The summed E-state index contributed by atoms with van der Waals surface area (Å²) in [5.74, 6) is 3.25. The van der Waals surface area contributed by atoms with Crippen molar-refractivity contribution in [1.29, 1.82) is 0 Å². The van der Waals surface area contributed by atoms with E-state index in [9.17, 15) is 4.79 Å². The van der Waals surface area contributed by atoms with Crippen molar-refractivity contribution < 1.29 is 9.53 Å². The molecule has 1 aliphatic heterocycles. The smallest absolute Gasteiger partial charge is 0.314 e. The van der Waals surface area contributed by atoms with Crippen LogP contribution >= 0.6 is 10.0 Å². The van der Waals surface area contributed by atoms with Crippen molar-refractivity contribution in [3.8, 4) is 0 Å². The van der Waals surface area contributed by atoms with Gasteiger partial charge in [0.25, 0.3) is 0 Å². The Morgan fingerprint density at radius 3 is 2.46 bits per heavy atom. The SMILES string of the molecule is CCOC(=O)CS1(C)CCCCC1. The van der Waals surface area contributed by atoms with Gasteiger partial charge in [-0.1, -0.05) is 6.42 Å². The fraction of sp³-hybridized carbons (Fsp3) is 0.900. The Balaban J connectivity index is 2.36. The Labute approximate surface area is 82.4 Å². The zero-order chi connectivity index (χ0) is 9.73. The Kier molecular flexibility index (Phi) is 4.10. The van der Waals surface area contributed by atoms with Gasteiger partial charge in [-0.2, -0.15) is 0 Å². The predicted octanol–water partition coefficient (Wildman–Crippen LogP) is 2.17. The van der Waals surface area contributed by atoms with Crippen LogP contribution in [-0.2, 0) is 9.53 Å². The molecule has 0 atom stereocenters. The molecule has 0 amide bonds. The summed E-state index contributed by atoms with van der Waals surface area (Å²) in [7, 11) is -0.636. The van der Waals surface area contributed by atoms with Crippen molar-refractivity contribution in [3.05, 3.63) is 0 Å². The first-order valence-electron chi connectivity index (χ1n) is 5.03. The first-order chi connectivity index (χ1) is 6.16. The number of rotatable bonds is 3. The van der Waals surface area contributed by atoms with E-state index in [4.69, 9.17) is 4.74 Å². The average molecular weight is 204 g/mol. The summed E-state index contributed by atoms with van der Waals surface area (Å²) in [5, 5.41) is 0. The van der Waals surface area contributed by atoms with Crippen LogP contribution in [0, 0.1) is 0 Å². The lowest BCUT2D eigenvalue weighted by Crippen LogP contribution is -2.23. The van der Waals surface area contributed by atoms with E-state index in [-0.39, 0.29) is 5.97 Å². The van der Waals surface area contributed by atoms with E-state index < -0.39 is 10.0 Å². The van der Waals surface area contributed by atoms with Gasteiger partial charge in [0.2, 0.25) is 0 Å². The third kappa shape index (κ3) is 3.59. The van der Waals surface area contributed by atoms with Crippen LogP contribution in [0.3, 0.4) is 0 Å². The maximum absolute atomic E-state index is 11.3. The molecule has 0 bridgehead atoms. The van der Waals surface area contributed by atoms with Crippen molar-refractivity contribution in [2.24, 2.45) is 0 Å².